The van der Waals surface area contributed by atoms with Gasteiger partial charge in [-0.2, -0.15) is 0 Å². The number of pyridine rings is 1. The molecule has 0 aliphatic heterocycles. The maximum atomic E-state index is 10.1. The first kappa shape index (κ1) is 12.4. The third-order valence-corrected chi connectivity index (χ3v) is 3.87. The van der Waals surface area contributed by atoms with E-state index in [1.54, 1.807) is 0 Å². The van der Waals surface area contributed by atoms with Crippen molar-refractivity contribution in [2.45, 2.75) is 45.6 Å². The molecule has 2 N–H and O–H groups in total. The highest BCUT2D eigenvalue weighted by atomic mass is 16.3. The van der Waals surface area contributed by atoms with Gasteiger partial charge in [0.1, 0.15) is 0 Å². The molecule has 0 aromatic carbocycles. The van der Waals surface area contributed by atoms with Crippen LogP contribution >= 0.6 is 0 Å². The van der Waals surface area contributed by atoms with Crippen LogP contribution in [0, 0.1) is 12.3 Å². The molecule has 0 radical (unpaired) electrons. The molecule has 17 heavy (non-hydrogen) atoms. The van der Waals surface area contributed by atoms with Crippen LogP contribution in [0.4, 0.5) is 5.69 Å². The second-order valence-electron chi connectivity index (χ2n) is 5.46. The number of aryl methyl sites for hydroxylation is 1. The van der Waals surface area contributed by atoms with Crippen LogP contribution in [-0.4, -0.2) is 22.7 Å². The van der Waals surface area contributed by atoms with Gasteiger partial charge in [-0.05, 0) is 31.9 Å². The van der Waals surface area contributed by atoms with E-state index in [1.165, 1.54) is 6.42 Å². The minimum absolute atomic E-state index is 0.00935. The standard InChI is InChI=1S/C14H22N2O/c1-11-9-12(6-8-15-11)16-10-14(2)7-4-3-5-13(14)17/h6,8-9,13,17H,3-5,7,10H2,1-2H3,(H,15,16). The summed E-state index contributed by atoms with van der Waals surface area (Å²) < 4.78 is 0. The fourth-order valence-corrected chi connectivity index (χ4v) is 2.55. The number of aromatic nitrogens is 1. The lowest BCUT2D eigenvalue weighted by Gasteiger charge is -2.38. The molecule has 1 aliphatic rings. The molecule has 2 unspecified atom stereocenters. The van der Waals surface area contributed by atoms with Crippen LogP contribution in [0.5, 0.6) is 0 Å². The predicted molar refractivity (Wildman–Crippen MR) is 70.0 cm³/mol. The molecule has 94 valence electrons. The van der Waals surface area contributed by atoms with Gasteiger partial charge < -0.3 is 10.4 Å². The van der Waals surface area contributed by atoms with Gasteiger partial charge in [0.05, 0.1) is 6.10 Å². The summed E-state index contributed by atoms with van der Waals surface area (Å²) in [5.41, 5.74) is 2.12. The summed E-state index contributed by atoms with van der Waals surface area (Å²) in [5, 5.41) is 13.5. The van der Waals surface area contributed by atoms with Gasteiger partial charge in [-0.1, -0.05) is 19.8 Å². The van der Waals surface area contributed by atoms with Crippen molar-refractivity contribution in [3.8, 4) is 0 Å². The van der Waals surface area contributed by atoms with E-state index in [-0.39, 0.29) is 11.5 Å². The summed E-state index contributed by atoms with van der Waals surface area (Å²) in [7, 11) is 0. The zero-order valence-corrected chi connectivity index (χ0v) is 10.7. The van der Waals surface area contributed by atoms with E-state index in [2.05, 4.69) is 17.2 Å². The Morgan fingerprint density at radius 3 is 3.06 bits per heavy atom. The highest BCUT2D eigenvalue weighted by molar-refractivity contribution is 5.43. The first-order valence-electron chi connectivity index (χ1n) is 6.45. The summed E-state index contributed by atoms with van der Waals surface area (Å²) in [4.78, 5) is 4.18. The quantitative estimate of drug-likeness (QED) is 0.845. The number of rotatable bonds is 3. The number of anilines is 1. The van der Waals surface area contributed by atoms with Gasteiger partial charge in [0.25, 0.3) is 0 Å². The van der Waals surface area contributed by atoms with Gasteiger partial charge in [-0.15, -0.1) is 0 Å². The van der Waals surface area contributed by atoms with Crippen molar-refractivity contribution in [3.63, 3.8) is 0 Å². The molecule has 2 rings (SSSR count). The van der Waals surface area contributed by atoms with Crippen molar-refractivity contribution in [1.82, 2.24) is 4.98 Å². The fourth-order valence-electron chi connectivity index (χ4n) is 2.55. The lowest BCUT2D eigenvalue weighted by atomic mass is 9.73. The maximum Gasteiger partial charge on any atom is 0.0610 e. The van der Waals surface area contributed by atoms with E-state index in [9.17, 15) is 5.11 Å². The normalized spacial score (nSPS) is 29.0. The molecule has 1 heterocycles. The van der Waals surface area contributed by atoms with Crippen molar-refractivity contribution in [2.24, 2.45) is 5.41 Å². The van der Waals surface area contributed by atoms with Crippen molar-refractivity contribution >= 4 is 5.69 Å². The molecule has 1 aromatic heterocycles. The van der Waals surface area contributed by atoms with Gasteiger partial charge in [-0.25, -0.2) is 0 Å². The molecule has 1 aromatic rings. The Kier molecular flexibility index (Phi) is 3.67. The summed E-state index contributed by atoms with van der Waals surface area (Å²) in [6.45, 7) is 5.00. The first-order valence-corrected chi connectivity index (χ1v) is 6.45. The number of hydrogen-bond donors (Lipinski definition) is 2. The van der Waals surface area contributed by atoms with Crippen LogP contribution in [0.25, 0.3) is 0 Å². The Hall–Kier alpha value is -1.09. The molecule has 2 atom stereocenters. The number of aliphatic hydroxyl groups is 1. The van der Waals surface area contributed by atoms with E-state index in [1.807, 2.05) is 25.3 Å². The second kappa shape index (κ2) is 5.05. The van der Waals surface area contributed by atoms with Gasteiger partial charge in [0, 0.05) is 29.5 Å². The van der Waals surface area contributed by atoms with Gasteiger partial charge in [-0.3, -0.25) is 4.98 Å². The van der Waals surface area contributed by atoms with Crippen LogP contribution in [-0.2, 0) is 0 Å². The van der Waals surface area contributed by atoms with Gasteiger partial charge in [0.2, 0.25) is 0 Å². The van der Waals surface area contributed by atoms with E-state index in [0.717, 1.165) is 37.2 Å². The summed E-state index contributed by atoms with van der Waals surface area (Å²) >= 11 is 0. The Bertz CT molecular complexity index is 380. The van der Waals surface area contributed by atoms with Gasteiger partial charge in [0.15, 0.2) is 0 Å². The van der Waals surface area contributed by atoms with E-state index in [0.29, 0.717) is 0 Å². The molecule has 3 heteroatoms. The molecule has 1 saturated carbocycles. The zero-order valence-electron chi connectivity index (χ0n) is 10.7. The second-order valence-corrected chi connectivity index (χ2v) is 5.46. The van der Waals surface area contributed by atoms with Crippen LogP contribution in [0.3, 0.4) is 0 Å². The van der Waals surface area contributed by atoms with Crippen LogP contribution in [0.15, 0.2) is 18.3 Å². The minimum atomic E-state index is -0.174. The van der Waals surface area contributed by atoms with Crippen molar-refractivity contribution < 1.29 is 5.11 Å². The monoisotopic (exact) mass is 234 g/mol. The maximum absolute atomic E-state index is 10.1. The summed E-state index contributed by atoms with van der Waals surface area (Å²) in [5.74, 6) is 0. The Balaban J connectivity index is 1.97. The average molecular weight is 234 g/mol. The van der Waals surface area contributed by atoms with Crippen LogP contribution in [0.1, 0.15) is 38.3 Å². The molecule has 0 saturated heterocycles. The summed E-state index contributed by atoms with van der Waals surface area (Å²) in [6.07, 6.45) is 6.07. The highest BCUT2D eigenvalue weighted by Gasteiger charge is 2.34. The fraction of sp³-hybridized carbons (Fsp3) is 0.643. The topological polar surface area (TPSA) is 45.1 Å². The third kappa shape index (κ3) is 2.97. The molecular formula is C14H22N2O. The lowest BCUT2D eigenvalue weighted by molar-refractivity contribution is 0.00963. The Labute approximate surface area is 103 Å². The molecule has 0 amide bonds. The lowest BCUT2D eigenvalue weighted by Crippen LogP contribution is -2.41. The number of aliphatic hydroxyl groups excluding tert-OH is 1. The molecule has 1 aliphatic carbocycles. The van der Waals surface area contributed by atoms with E-state index in [4.69, 9.17) is 0 Å². The molecule has 0 bridgehead atoms. The number of nitrogens with zero attached hydrogens (tertiary/aromatic N) is 1. The number of hydrogen-bond acceptors (Lipinski definition) is 3. The third-order valence-electron chi connectivity index (χ3n) is 3.87. The van der Waals surface area contributed by atoms with Crippen molar-refractivity contribution in [3.05, 3.63) is 24.0 Å². The molecule has 1 fully saturated rings. The van der Waals surface area contributed by atoms with E-state index >= 15 is 0 Å². The molecule has 0 spiro atoms. The Morgan fingerprint density at radius 2 is 2.35 bits per heavy atom. The SMILES string of the molecule is Cc1cc(NCC2(C)CCCCC2O)ccn1. The smallest absolute Gasteiger partial charge is 0.0610 e. The van der Waals surface area contributed by atoms with Crippen LogP contribution < -0.4 is 5.32 Å². The zero-order chi connectivity index (χ0) is 12.3. The molecule has 3 nitrogen and oxygen atoms in total. The van der Waals surface area contributed by atoms with Gasteiger partial charge >= 0.3 is 0 Å². The summed E-state index contributed by atoms with van der Waals surface area (Å²) in [6, 6.07) is 4.02. The largest absolute Gasteiger partial charge is 0.392 e. The van der Waals surface area contributed by atoms with Crippen molar-refractivity contribution in [1.29, 1.82) is 0 Å². The van der Waals surface area contributed by atoms with E-state index < -0.39 is 0 Å². The average Bonchev–Trinajstić information content (AvgIpc) is 2.31. The Morgan fingerprint density at radius 1 is 1.53 bits per heavy atom. The predicted octanol–water partition coefficient (Wildman–Crippen LogP) is 2.74. The molecular weight excluding hydrogens is 212 g/mol. The minimum Gasteiger partial charge on any atom is -0.392 e. The first-order chi connectivity index (χ1) is 8.10. The van der Waals surface area contributed by atoms with Crippen LogP contribution in [0.2, 0.25) is 0 Å². The number of nitrogens with one attached hydrogen (secondary N) is 1. The highest BCUT2D eigenvalue weighted by Crippen LogP contribution is 2.36. The van der Waals surface area contributed by atoms with Crippen molar-refractivity contribution in [2.75, 3.05) is 11.9 Å².